The van der Waals surface area contributed by atoms with Crippen LogP contribution in [0.1, 0.15) is 77.4 Å². The van der Waals surface area contributed by atoms with Crippen molar-refractivity contribution in [2.24, 2.45) is 5.41 Å². The van der Waals surface area contributed by atoms with Crippen molar-refractivity contribution in [1.82, 2.24) is 14.6 Å². The second kappa shape index (κ2) is 7.65. The van der Waals surface area contributed by atoms with Gasteiger partial charge in [-0.15, -0.1) is 0 Å². The number of hydrogen-bond acceptors (Lipinski definition) is 4. The van der Waals surface area contributed by atoms with Crippen LogP contribution in [0.25, 0.3) is 0 Å². The largest absolute Gasteiger partial charge is 0.444 e. The molecule has 0 aromatic carbocycles. The van der Waals surface area contributed by atoms with Crippen molar-refractivity contribution in [1.29, 1.82) is 0 Å². The SMILES string of the molecule is Cc1ccc2c(n1)CC1(CCN(C(=O)OC(C)(C)C)CC1)[C@@H]2NS(=O)C(C)(C)C. The Morgan fingerprint density at radius 2 is 1.83 bits per heavy atom. The molecule has 0 bridgehead atoms. The van der Waals surface area contributed by atoms with E-state index in [-0.39, 0.29) is 22.3 Å². The molecule has 1 spiro atoms. The number of amides is 1. The van der Waals surface area contributed by atoms with Gasteiger partial charge in [0.2, 0.25) is 0 Å². The van der Waals surface area contributed by atoms with Crippen LogP contribution in [0.2, 0.25) is 0 Å². The van der Waals surface area contributed by atoms with Gasteiger partial charge in [-0.05, 0) is 84.8 Å². The Morgan fingerprint density at radius 3 is 2.38 bits per heavy atom. The summed E-state index contributed by atoms with van der Waals surface area (Å²) in [5.41, 5.74) is 2.67. The number of carbonyl (C=O) groups excluding carboxylic acids is 1. The molecule has 6 nitrogen and oxygen atoms in total. The van der Waals surface area contributed by atoms with Crippen molar-refractivity contribution in [3.8, 4) is 0 Å². The summed E-state index contributed by atoms with van der Waals surface area (Å²) >= 11 is 0. The molecule has 2 atom stereocenters. The number of nitrogens with zero attached hydrogens (tertiary/aromatic N) is 2. The molecular formula is C22H35N3O3S. The molecule has 1 aliphatic carbocycles. The first-order chi connectivity index (χ1) is 13.3. The first kappa shape index (κ1) is 22.2. The number of aromatic nitrogens is 1. The zero-order chi connectivity index (χ0) is 21.6. The molecule has 0 radical (unpaired) electrons. The average Bonchev–Trinajstić information content (AvgIpc) is 2.85. The standard InChI is InChI=1S/C22H35N3O3S/c1-15-8-9-16-17(23-15)14-22(18(16)24-29(27)21(5,6)7)10-12-25(13-11-22)19(26)28-20(2,3)4/h8-9,18,24H,10-14H2,1-7H3/t18-,29?/m1/s1. The van der Waals surface area contributed by atoms with Crippen molar-refractivity contribution in [3.63, 3.8) is 0 Å². The van der Waals surface area contributed by atoms with Crippen LogP contribution < -0.4 is 4.72 Å². The summed E-state index contributed by atoms with van der Waals surface area (Å²) in [6.07, 6.45) is 2.27. The number of hydrogen-bond donors (Lipinski definition) is 1. The second-order valence-corrected chi connectivity index (χ2v) is 12.4. The van der Waals surface area contributed by atoms with E-state index in [9.17, 15) is 9.00 Å². The predicted molar refractivity (Wildman–Crippen MR) is 116 cm³/mol. The van der Waals surface area contributed by atoms with Gasteiger partial charge in [-0.1, -0.05) is 6.07 Å². The summed E-state index contributed by atoms with van der Waals surface area (Å²) in [6, 6.07) is 4.14. The molecule has 2 heterocycles. The summed E-state index contributed by atoms with van der Waals surface area (Å²) in [6.45, 7) is 14.9. The molecule has 3 rings (SSSR count). The molecule has 1 aromatic rings. The average molecular weight is 422 g/mol. The number of nitrogens with one attached hydrogen (secondary N) is 1. The third kappa shape index (κ3) is 4.82. The number of carbonyl (C=O) groups is 1. The number of rotatable bonds is 2. The van der Waals surface area contributed by atoms with Crippen molar-refractivity contribution in [2.75, 3.05) is 13.1 Å². The van der Waals surface area contributed by atoms with E-state index < -0.39 is 16.6 Å². The number of likely N-dealkylation sites (tertiary alicyclic amines) is 1. The fourth-order valence-corrected chi connectivity index (χ4v) is 5.13. The fourth-order valence-electron chi connectivity index (χ4n) is 4.19. The molecule has 1 N–H and O–H groups in total. The van der Waals surface area contributed by atoms with E-state index in [1.165, 1.54) is 0 Å². The number of pyridine rings is 1. The minimum atomic E-state index is -1.18. The van der Waals surface area contributed by atoms with Gasteiger partial charge in [0, 0.05) is 24.5 Å². The topological polar surface area (TPSA) is 71.5 Å². The lowest BCUT2D eigenvalue weighted by Crippen LogP contribution is -2.49. The zero-order valence-electron chi connectivity index (χ0n) is 18.8. The molecule has 2 aliphatic rings. The molecular weight excluding hydrogens is 386 g/mol. The van der Waals surface area contributed by atoms with Crippen LogP contribution in [0.3, 0.4) is 0 Å². The Kier molecular flexibility index (Phi) is 5.86. The number of aryl methyl sites for hydroxylation is 1. The summed E-state index contributed by atoms with van der Waals surface area (Å²) < 4.78 is 21.6. The number of fused-ring (bicyclic) bond motifs is 1. The minimum Gasteiger partial charge on any atom is -0.444 e. The van der Waals surface area contributed by atoms with Crippen LogP contribution in [-0.4, -0.2) is 43.6 Å². The zero-order valence-corrected chi connectivity index (χ0v) is 19.6. The molecule has 162 valence electrons. The normalized spacial score (nSPS) is 22.4. The third-order valence-electron chi connectivity index (χ3n) is 5.78. The number of piperidine rings is 1. The van der Waals surface area contributed by atoms with Gasteiger partial charge < -0.3 is 9.64 Å². The predicted octanol–water partition coefficient (Wildman–Crippen LogP) is 4.06. The van der Waals surface area contributed by atoms with Crippen LogP contribution in [-0.2, 0) is 22.1 Å². The highest BCUT2D eigenvalue weighted by Gasteiger charge is 2.50. The monoisotopic (exact) mass is 421 g/mol. The Bertz CT molecular complexity index is 803. The Labute approximate surface area is 177 Å². The van der Waals surface area contributed by atoms with Gasteiger partial charge in [-0.3, -0.25) is 4.98 Å². The van der Waals surface area contributed by atoms with Crippen LogP contribution >= 0.6 is 0 Å². The van der Waals surface area contributed by atoms with Crippen molar-refractivity contribution >= 4 is 17.1 Å². The lowest BCUT2D eigenvalue weighted by molar-refractivity contribution is 0.00719. The highest BCUT2D eigenvalue weighted by Crippen LogP contribution is 2.52. The molecule has 1 unspecified atom stereocenters. The highest BCUT2D eigenvalue weighted by atomic mass is 32.2. The lowest BCUT2D eigenvalue weighted by atomic mass is 9.73. The Hall–Kier alpha value is -1.47. The third-order valence-corrected chi connectivity index (χ3v) is 7.35. The second-order valence-electron chi connectivity index (χ2n) is 10.4. The summed E-state index contributed by atoms with van der Waals surface area (Å²) in [5, 5.41) is 0. The molecule has 1 fully saturated rings. The fraction of sp³-hybridized carbons (Fsp3) is 0.727. The quantitative estimate of drug-likeness (QED) is 0.782. The van der Waals surface area contributed by atoms with Gasteiger partial charge in [0.15, 0.2) is 0 Å². The Morgan fingerprint density at radius 1 is 1.21 bits per heavy atom. The number of ether oxygens (including phenoxy) is 1. The van der Waals surface area contributed by atoms with E-state index in [2.05, 4.69) is 10.8 Å². The summed E-state index contributed by atoms with van der Waals surface area (Å²) in [5.74, 6) is 0. The maximum absolute atomic E-state index is 12.9. The first-order valence-electron chi connectivity index (χ1n) is 10.4. The molecule has 1 aromatic heterocycles. The first-order valence-corrected chi connectivity index (χ1v) is 11.6. The van der Waals surface area contributed by atoms with Gasteiger partial charge in [0.05, 0.1) is 21.8 Å². The Balaban J connectivity index is 1.82. The van der Waals surface area contributed by atoms with Gasteiger partial charge in [0.25, 0.3) is 0 Å². The van der Waals surface area contributed by atoms with E-state index >= 15 is 0 Å². The van der Waals surface area contributed by atoms with Crippen LogP contribution in [0.15, 0.2) is 12.1 Å². The van der Waals surface area contributed by atoms with E-state index in [0.29, 0.717) is 13.1 Å². The highest BCUT2D eigenvalue weighted by molar-refractivity contribution is 7.84. The van der Waals surface area contributed by atoms with Crippen molar-refractivity contribution < 1.29 is 13.7 Å². The van der Waals surface area contributed by atoms with Gasteiger partial charge >= 0.3 is 6.09 Å². The molecule has 1 aliphatic heterocycles. The smallest absolute Gasteiger partial charge is 0.410 e. The van der Waals surface area contributed by atoms with E-state index in [1.807, 2.05) is 54.5 Å². The molecule has 1 saturated heterocycles. The molecule has 0 saturated carbocycles. The molecule has 1 amide bonds. The van der Waals surface area contributed by atoms with Crippen LogP contribution in [0, 0.1) is 12.3 Å². The van der Waals surface area contributed by atoms with Crippen LogP contribution in [0.4, 0.5) is 4.79 Å². The molecule has 29 heavy (non-hydrogen) atoms. The van der Waals surface area contributed by atoms with Gasteiger partial charge in [-0.2, -0.15) is 0 Å². The van der Waals surface area contributed by atoms with E-state index in [0.717, 1.165) is 36.2 Å². The lowest BCUT2D eigenvalue weighted by Gasteiger charge is -2.43. The van der Waals surface area contributed by atoms with Crippen molar-refractivity contribution in [3.05, 3.63) is 29.1 Å². The van der Waals surface area contributed by atoms with E-state index in [1.54, 1.807) is 4.90 Å². The minimum absolute atomic E-state index is 0.0218. The maximum Gasteiger partial charge on any atom is 0.410 e. The molecule has 7 heteroatoms. The summed E-state index contributed by atoms with van der Waals surface area (Å²) in [4.78, 5) is 19.1. The van der Waals surface area contributed by atoms with Gasteiger partial charge in [0.1, 0.15) is 5.60 Å². The van der Waals surface area contributed by atoms with Crippen molar-refractivity contribution in [2.45, 2.75) is 84.1 Å². The summed E-state index contributed by atoms with van der Waals surface area (Å²) in [7, 11) is -1.18. The van der Waals surface area contributed by atoms with Gasteiger partial charge in [-0.25, -0.2) is 13.7 Å². The maximum atomic E-state index is 12.9. The van der Waals surface area contributed by atoms with E-state index in [4.69, 9.17) is 9.72 Å². The van der Waals surface area contributed by atoms with Crippen LogP contribution in [0.5, 0.6) is 0 Å².